The van der Waals surface area contributed by atoms with Crippen LogP contribution in [0.25, 0.3) is 11.1 Å². The molecule has 3 aromatic rings. The number of carbonyl (C=O) groups excluding carboxylic acids is 12. The molecule has 1 aromatic carbocycles. The molecule has 0 spiro atoms. The number of thiophene rings is 2. The SMILES string of the molecule is Cc1sc2cc1C1=C(CCC1)c1cc(sc1C)C(=O)[C@H]1CCCN1C(=O)[C@H](CCCCN)NC(=O)[C@H](CC(C)C)NC(=O)[C@H](CCCCN)NC(=O)[C@H](C(C)C)NC(=O)[C@@H]1CCCN1C(=O)[C@@H](Cc1ccccc1)NC(=O)[C@H](CC(C)C)NC(=O)[C@H](CCCCN)NC(=O)[C@H](C(C)C)NC(=O)[C@H](CCCCN)NC2=O. The number of hydrogen-bond acceptors (Lipinski definition) is 18. The molecule has 2 aromatic heterocycles. The fourth-order valence-corrected chi connectivity index (χ4v) is 17.2. The van der Waals surface area contributed by atoms with Crippen LogP contribution >= 0.6 is 22.7 Å². The smallest absolute Gasteiger partial charge is 0.262 e. The second kappa shape index (κ2) is 43.7. The molecular formula is C81H125N15O12S2. The van der Waals surface area contributed by atoms with Gasteiger partial charge < -0.3 is 80.6 Å². The molecule has 0 radical (unpaired) electrons. The van der Waals surface area contributed by atoms with Gasteiger partial charge in [-0.1, -0.05) is 85.7 Å². The van der Waals surface area contributed by atoms with E-state index in [1.807, 2.05) is 59.7 Å². The van der Waals surface area contributed by atoms with Gasteiger partial charge in [0.15, 0.2) is 5.78 Å². The lowest BCUT2D eigenvalue weighted by Gasteiger charge is -2.32. The summed E-state index contributed by atoms with van der Waals surface area (Å²) in [6, 6.07) is 0.00225. The van der Waals surface area contributed by atoms with E-state index in [1.165, 1.54) is 27.6 Å². The molecule has 2 saturated heterocycles. The lowest BCUT2D eigenvalue weighted by molar-refractivity contribution is -0.143. The van der Waals surface area contributed by atoms with Gasteiger partial charge >= 0.3 is 0 Å². The highest BCUT2D eigenvalue weighted by molar-refractivity contribution is 7.14. The molecule has 11 atom stereocenters. The van der Waals surface area contributed by atoms with Crippen LogP contribution in [0.5, 0.6) is 0 Å². The monoisotopic (exact) mass is 1560 g/mol. The van der Waals surface area contributed by atoms with E-state index in [0.29, 0.717) is 118 Å². The second-order valence-corrected chi connectivity index (χ2v) is 34.2. The Morgan fingerprint density at radius 1 is 0.409 bits per heavy atom. The Hall–Kier alpha value is -7.96. The van der Waals surface area contributed by atoms with Crippen LogP contribution in [0.4, 0.5) is 0 Å². The van der Waals surface area contributed by atoms with Crippen molar-refractivity contribution in [3.05, 3.63) is 78.7 Å². The third kappa shape index (κ3) is 25.0. The van der Waals surface area contributed by atoms with E-state index >= 15 is 9.59 Å². The minimum Gasteiger partial charge on any atom is -0.343 e. The number of carbonyl (C=O) groups is 12. The summed E-state index contributed by atoms with van der Waals surface area (Å²) in [6.07, 6.45) is 8.42. The number of benzene rings is 1. The van der Waals surface area contributed by atoms with Crippen molar-refractivity contribution in [2.45, 2.75) is 277 Å². The molecule has 11 amide bonds. The summed E-state index contributed by atoms with van der Waals surface area (Å²) in [5, 5.41) is 26.3. The van der Waals surface area contributed by atoms with Gasteiger partial charge in [-0.3, -0.25) is 57.5 Å². The molecule has 1 aliphatic carbocycles. The highest BCUT2D eigenvalue weighted by atomic mass is 32.1. The fourth-order valence-electron chi connectivity index (χ4n) is 15.2. The maximum atomic E-state index is 15.3. The molecule has 0 saturated carbocycles. The Morgan fingerprint density at radius 2 is 0.782 bits per heavy atom. The first-order valence-corrected chi connectivity index (χ1v) is 41.8. The summed E-state index contributed by atoms with van der Waals surface area (Å²) in [5.41, 5.74) is 28.3. The first kappa shape index (κ1) is 89.2. The predicted molar refractivity (Wildman–Crippen MR) is 430 cm³/mol. The van der Waals surface area contributed by atoms with Gasteiger partial charge in [-0.2, -0.15) is 0 Å². The Morgan fingerprint density at radius 3 is 1.25 bits per heavy atom. The van der Waals surface area contributed by atoms with E-state index in [2.05, 4.69) is 47.9 Å². The van der Waals surface area contributed by atoms with Gasteiger partial charge in [0.2, 0.25) is 59.1 Å². The maximum absolute atomic E-state index is 15.3. The van der Waals surface area contributed by atoms with Crippen LogP contribution in [-0.4, -0.2) is 186 Å². The van der Waals surface area contributed by atoms with Crippen LogP contribution in [0.2, 0.25) is 0 Å². The number of nitrogens with one attached hydrogen (secondary N) is 9. The van der Waals surface area contributed by atoms with Gasteiger partial charge in [-0.05, 0) is 239 Å². The van der Waals surface area contributed by atoms with Gasteiger partial charge in [0, 0.05) is 29.3 Å². The lowest BCUT2D eigenvalue weighted by atomic mass is 9.96. The molecule has 17 N–H and O–H groups in total. The lowest BCUT2D eigenvalue weighted by Crippen LogP contribution is -2.61. The number of hydrogen-bond donors (Lipinski definition) is 13. The Kier molecular flexibility index (Phi) is 35.5. The number of amides is 11. The molecule has 5 heterocycles. The summed E-state index contributed by atoms with van der Waals surface area (Å²) in [7, 11) is 0. The van der Waals surface area contributed by atoms with E-state index in [4.69, 9.17) is 22.9 Å². The topological polar surface area (TPSA) is 424 Å². The van der Waals surface area contributed by atoms with Crippen molar-refractivity contribution in [1.29, 1.82) is 0 Å². The van der Waals surface area contributed by atoms with Gasteiger partial charge in [0.1, 0.15) is 60.4 Å². The predicted octanol–water partition coefficient (Wildman–Crippen LogP) is 5.84. The zero-order valence-electron chi connectivity index (χ0n) is 66.4. The van der Waals surface area contributed by atoms with Crippen molar-refractivity contribution in [3.63, 3.8) is 0 Å². The zero-order valence-corrected chi connectivity index (χ0v) is 68.1. The van der Waals surface area contributed by atoms with Gasteiger partial charge in [-0.15, -0.1) is 22.7 Å². The number of ketones is 1. The van der Waals surface area contributed by atoms with Crippen molar-refractivity contribution in [2.24, 2.45) is 46.6 Å². The molecule has 110 heavy (non-hydrogen) atoms. The molecule has 4 bridgehead atoms. The van der Waals surface area contributed by atoms with Gasteiger partial charge in [0.25, 0.3) is 5.91 Å². The van der Waals surface area contributed by atoms with E-state index in [1.54, 1.807) is 56.9 Å². The quantitative estimate of drug-likeness (QED) is 0.0469. The van der Waals surface area contributed by atoms with Gasteiger partial charge in [-0.25, -0.2) is 0 Å². The molecule has 0 unspecified atom stereocenters. The highest BCUT2D eigenvalue weighted by Crippen LogP contribution is 2.45. The average Bonchev–Trinajstić information content (AvgIpc) is 1.62. The van der Waals surface area contributed by atoms with Crippen LogP contribution in [0.1, 0.15) is 236 Å². The number of rotatable bonds is 24. The average molecular weight is 1570 g/mol. The van der Waals surface area contributed by atoms with E-state index < -0.39 is 143 Å². The summed E-state index contributed by atoms with van der Waals surface area (Å²) in [6.45, 7) is 20.0. The summed E-state index contributed by atoms with van der Waals surface area (Å²) in [4.78, 5) is 184. The third-order valence-corrected chi connectivity index (χ3v) is 23.3. The largest absolute Gasteiger partial charge is 0.343 e. The fraction of sp³-hybridized carbons (Fsp3) is 0.654. The minimum absolute atomic E-state index is 0.0143. The molecule has 3 aliphatic heterocycles. The van der Waals surface area contributed by atoms with Crippen LogP contribution < -0.4 is 70.8 Å². The van der Waals surface area contributed by atoms with Crippen LogP contribution in [0.15, 0.2) is 42.5 Å². The number of nitrogens with two attached hydrogens (primary N) is 4. The molecule has 2 fully saturated rings. The number of nitrogens with zero attached hydrogens (tertiary/aromatic N) is 2. The molecule has 608 valence electrons. The Bertz CT molecular complexity index is 3690. The second-order valence-electron chi connectivity index (χ2n) is 31.7. The van der Waals surface area contributed by atoms with Gasteiger partial charge in [0.05, 0.1) is 15.8 Å². The van der Waals surface area contributed by atoms with Crippen molar-refractivity contribution in [1.82, 2.24) is 57.7 Å². The summed E-state index contributed by atoms with van der Waals surface area (Å²) < 4.78 is 0. The number of fused-ring (bicyclic) bond motifs is 8. The first-order chi connectivity index (χ1) is 52.5. The molecule has 29 heteroatoms. The number of Topliss-reactive ketones (excluding diaryl/α,β-unsaturated/α-hetero) is 1. The minimum atomic E-state index is -1.28. The normalized spacial score (nSPS) is 24.8. The standard InChI is InChI=1S/C81H125N15O12S2/c1-46(2)41-61-74(101)89-60(32-17-21-38-85)80(107)95-39-23-33-64(95)70(97)66-44-55(50(9)109-66)53-27-22-28-54(53)56-45-67(110-51(56)10)77(104)86-59(31-16-20-37-84)73(100)93-68(48(5)6)78(105)87-57(29-14-18-35-82)72(99)91-62(42-47(3)4)75(102)92-63(43-52-25-12-11-13-26-52)81(108)96-40-24-34-65(96)76(103)94-69(49(7)8)79(106)88-58(71(98)90-61)30-15-19-36-83/h11-13,25-26,44-49,57-65,68-69H,14-24,27-43,82-85H2,1-10H3,(H,86,104)(H,87,105)(H,88,106)(H,89,101)(H,90,98)(H,91,99)(H,92,102)(H,93,100)(H,94,103)/t57-,58-,59-,60-,61-,62-,63+,64+,65-,68-,69-/m0/s1. The van der Waals surface area contributed by atoms with E-state index in [9.17, 15) is 47.9 Å². The molecule has 27 nitrogen and oxygen atoms in total. The number of aryl methyl sites for hydroxylation is 2. The van der Waals surface area contributed by atoms with E-state index in [0.717, 1.165) is 38.4 Å². The number of allylic oxidation sites excluding steroid dienone is 2. The van der Waals surface area contributed by atoms with Crippen LogP contribution in [0.3, 0.4) is 0 Å². The maximum Gasteiger partial charge on any atom is 0.262 e. The third-order valence-electron chi connectivity index (χ3n) is 21.2. The first-order valence-electron chi connectivity index (χ1n) is 40.2. The summed E-state index contributed by atoms with van der Waals surface area (Å²) >= 11 is 2.65. The van der Waals surface area contributed by atoms with Crippen LogP contribution in [0, 0.1) is 37.5 Å². The zero-order chi connectivity index (χ0) is 80.5. The Balaban J connectivity index is 1.28. The molecule has 7 rings (SSSR count). The summed E-state index contributed by atoms with van der Waals surface area (Å²) in [5.74, 6) is -8.51. The van der Waals surface area contributed by atoms with E-state index in [-0.39, 0.29) is 88.6 Å². The number of unbranched alkanes of at least 4 members (excludes halogenated alkanes) is 4. The molecule has 4 aliphatic rings. The van der Waals surface area contributed by atoms with Crippen molar-refractivity contribution < 1.29 is 57.5 Å². The Labute approximate surface area is 657 Å². The van der Waals surface area contributed by atoms with Crippen LogP contribution in [-0.2, 0) is 54.4 Å². The van der Waals surface area contributed by atoms with Crippen molar-refractivity contribution >= 4 is 105 Å². The van der Waals surface area contributed by atoms with Crippen molar-refractivity contribution in [2.75, 3.05) is 39.3 Å². The van der Waals surface area contributed by atoms with Crippen molar-refractivity contribution in [3.8, 4) is 0 Å². The highest BCUT2D eigenvalue weighted by Gasteiger charge is 2.44. The molecular weight excluding hydrogens is 1440 g/mol.